The standard InChI is InChI=1S/C28H34F2N8O/c1-18(2)37-11-12-38(19(3)39)27-22(29)13-21(14-24(27)37)26-23(30)16-32-28(34-26)33-25-6-5-20(15-31-25)17-36-9-7-35(4)8-10-36/h5-6,13-16,18H,7-12,17H2,1-4H3,(H,31,32,33,34). The van der Waals surface area contributed by atoms with E-state index < -0.39 is 11.6 Å². The molecule has 2 aliphatic rings. The van der Waals surface area contributed by atoms with E-state index in [0.29, 0.717) is 24.6 Å². The maximum Gasteiger partial charge on any atom is 0.229 e. The highest BCUT2D eigenvalue weighted by Gasteiger charge is 2.30. The van der Waals surface area contributed by atoms with Gasteiger partial charge in [-0.2, -0.15) is 0 Å². The van der Waals surface area contributed by atoms with Crippen molar-refractivity contribution in [1.82, 2.24) is 24.8 Å². The number of piperazine rings is 1. The molecule has 0 unspecified atom stereocenters. The van der Waals surface area contributed by atoms with E-state index in [1.807, 2.05) is 37.1 Å². The van der Waals surface area contributed by atoms with Gasteiger partial charge in [0.05, 0.1) is 11.9 Å². The molecule has 1 N–H and O–H groups in total. The van der Waals surface area contributed by atoms with Crippen molar-refractivity contribution in [2.75, 3.05) is 61.4 Å². The van der Waals surface area contributed by atoms with E-state index in [9.17, 15) is 9.18 Å². The quantitative estimate of drug-likeness (QED) is 0.509. The number of fused-ring (bicyclic) bond motifs is 1. The molecule has 0 saturated carbocycles. The molecule has 1 fully saturated rings. The van der Waals surface area contributed by atoms with Crippen LogP contribution in [0.25, 0.3) is 11.3 Å². The van der Waals surface area contributed by atoms with E-state index in [1.165, 1.54) is 17.9 Å². The van der Waals surface area contributed by atoms with Gasteiger partial charge in [-0.25, -0.2) is 23.7 Å². The number of aromatic nitrogens is 3. The zero-order valence-corrected chi connectivity index (χ0v) is 22.8. The molecule has 0 aliphatic carbocycles. The number of hydrogen-bond donors (Lipinski definition) is 1. The highest BCUT2D eigenvalue weighted by molar-refractivity contribution is 5.97. The van der Waals surface area contributed by atoms with Crippen molar-refractivity contribution in [3.8, 4) is 11.3 Å². The van der Waals surface area contributed by atoms with Gasteiger partial charge in [-0.05, 0) is 44.7 Å². The molecular formula is C28H34F2N8O. The summed E-state index contributed by atoms with van der Waals surface area (Å²) in [5, 5.41) is 3.03. The molecule has 206 valence electrons. The van der Waals surface area contributed by atoms with Crippen LogP contribution in [0, 0.1) is 11.6 Å². The van der Waals surface area contributed by atoms with Gasteiger partial charge in [0.15, 0.2) is 5.82 Å². The predicted molar refractivity (Wildman–Crippen MR) is 148 cm³/mol. The number of benzene rings is 1. The average Bonchev–Trinajstić information content (AvgIpc) is 2.91. The number of halogens is 2. The Bertz CT molecular complexity index is 1340. The Morgan fingerprint density at radius 2 is 1.77 bits per heavy atom. The third kappa shape index (κ3) is 5.84. The molecule has 2 aromatic heterocycles. The first-order valence-electron chi connectivity index (χ1n) is 13.2. The van der Waals surface area contributed by atoms with Crippen LogP contribution in [0.3, 0.4) is 0 Å². The summed E-state index contributed by atoms with van der Waals surface area (Å²) in [6.07, 6.45) is 2.87. The van der Waals surface area contributed by atoms with E-state index in [1.54, 1.807) is 6.07 Å². The minimum atomic E-state index is -0.675. The molecule has 4 heterocycles. The van der Waals surface area contributed by atoms with Gasteiger partial charge in [0.1, 0.15) is 23.0 Å². The van der Waals surface area contributed by atoms with Crippen molar-refractivity contribution in [3.05, 3.63) is 53.9 Å². The Kier molecular flexibility index (Phi) is 7.72. The van der Waals surface area contributed by atoms with E-state index in [4.69, 9.17) is 0 Å². The lowest BCUT2D eigenvalue weighted by molar-refractivity contribution is -0.116. The zero-order chi connectivity index (χ0) is 27.7. The lowest BCUT2D eigenvalue weighted by Gasteiger charge is -2.40. The van der Waals surface area contributed by atoms with E-state index >= 15 is 4.39 Å². The number of anilines is 4. The van der Waals surface area contributed by atoms with Gasteiger partial charge in [-0.3, -0.25) is 9.69 Å². The number of amides is 1. The lowest BCUT2D eigenvalue weighted by atomic mass is 10.0. The minimum Gasteiger partial charge on any atom is -0.366 e. The second-order valence-electron chi connectivity index (χ2n) is 10.4. The first-order valence-corrected chi connectivity index (χ1v) is 13.2. The van der Waals surface area contributed by atoms with E-state index in [0.717, 1.165) is 44.5 Å². The van der Waals surface area contributed by atoms with Crippen LogP contribution in [0.1, 0.15) is 26.3 Å². The molecule has 0 bridgehead atoms. The van der Waals surface area contributed by atoms with Gasteiger partial charge in [0, 0.05) is 70.5 Å². The van der Waals surface area contributed by atoms with Gasteiger partial charge in [0.2, 0.25) is 11.9 Å². The topological polar surface area (TPSA) is 80.7 Å². The molecule has 0 spiro atoms. The SMILES string of the molecule is CC(=O)N1CCN(C(C)C)c2cc(-c3nc(Nc4ccc(CN5CCN(C)CC5)cn4)ncc3F)cc(F)c21. The van der Waals surface area contributed by atoms with Gasteiger partial charge in [-0.15, -0.1) is 0 Å². The third-order valence-electron chi connectivity index (χ3n) is 7.27. The monoisotopic (exact) mass is 536 g/mol. The van der Waals surface area contributed by atoms with Crippen LogP contribution < -0.4 is 15.1 Å². The fourth-order valence-corrected chi connectivity index (χ4v) is 5.10. The largest absolute Gasteiger partial charge is 0.366 e. The summed E-state index contributed by atoms with van der Waals surface area (Å²) in [5.74, 6) is -0.851. The van der Waals surface area contributed by atoms with Crippen molar-refractivity contribution in [2.24, 2.45) is 0 Å². The fourth-order valence-electron chi connectivity index (χ4n) is 5.10. The third-order valence-corrected chi connectivity index (χ3v) is 7.27. The Balaban J connectivity index is 1.38. The maximum absolute atomic E-state index is 15.5. The summed E-state index contributed by atoms with van der Waals surface area (Å²) < 4.78 is 30.4. The number of nitrogens with zero attached hydrogens (tertiary/aromatic N) is 7. The summed E-state index contributed by atoms with van der Waals surface area (Å²) in [6.45, 7) is 11.3. The van der Waals surface area contributed by atoms with Crippen LogP contribution in [0.5, 0.6) is 0 Å². The number of hydrogen-bond acceptors (Lipinski definition) is 8. The zero-order valence-electron chi connectivity index (χ0n) is 22.8. The van der Waals surface area contributed by atoms with Crippen LogP contribution >= 0.6 is 0 Å². The highest BCUT2D eigenvalue weighted by atomic mass is 19.1. The molecule has 11 heteroatoms. The number of rotatable bonds is 6. The van der Waals surface area contributed by atoms with Gasteiger partial charge < -0.3 is 20.0 Å². The summed E-state index contributed by atoms with van der Waals surface area (Å²) in [6, 6.07) is 6.81. The summed E-state index contributed by atoms with van der Waals surface area (Å²) in [5.41, 5.74) is 2.07. The smallest absolute Gasteiger partial charge is 0.229 e. The summed E-state index contributed by atoms with van der Waals surface area (Å²) in [4.78, 5) is 33.2. The Morgan fingerprint density at radius 1 is 1.00 bits per heavy atom. The van der Waals surface area contributed by atoms with Crippen molar-refractivity contribution < 1.29 is 13.6 Å². The van der Waals surface area contributed by atoms with Crippen molar-refractivity contribution in [2.45, 2.75) is 33.4 Å². The molecule has 2 aliphatic heterocycles. The molecule has 1 saturated heterocycles. The van der Waals surface area contributed by atoms with E-state index in [-0.39, 0.29) is 34.8 Å². The second kappa shape index (κ2) is 11.2. The molecule has 1 amide bonds. The maximum atomic E-state index is 15.5. The number of carbonyl (C=O) groups excluding carboxylic acids is 1. The summed E-state index contributed by atoms with van der Waals surface area (Å²) >= 11 is 0. The number of nitrogens with one attached hydrogen (secondary N) is 1. The Hall–Kier alpha value is -3.70. The number of likely N-dealkylation sites (N-methyl/N-ethyl adjacent to an activating group) is 1. The van der Waals surface area contributed by atoms with Crippen LogP contribution in [-0.2, 0) is 11.3 Å². The highest BCUT2D eigenvalue weighted by Crippen LogP contribution is 2.40. The van der Waals surface area contributed by atoms with Crippen LogP contribution in [-0.4, -0.2) is 83.0 Å². The molecule has 0 radical (unpaired) electrons. The Morgan fingerprint density at radius 3 is 2.44 bits per heavy atom. The molecule has 5 rings (SSSR count). The second-order valence-corrected chi connectivity index (χ2v) is 10.4. The first-order chi connectivity index (χ1) is 18.7. The summed E-state index contributed by atoms with van der Waals surface area (Å²) in [7, 11) is 2.13. The van der Waals surface area contributed by atoms with Gasteiger partial charge in [-0.1, -0.05) is 6.07 Å². The van der Waals surface area contributed by atoms with Gasteiger partial charge in [0.25, 0.3) is 0 Å². The first kappa shape index (κ1) is 26.9. The van der Waals surface area contributed by atoms with Crippen LogP contribution in [0.4, 0.5) is 31.9 Å². The molecule has 9 nitrogen and oxygen atoms in total. The molecule has 1 aromatic carbocycles. The van der Waals surface area contributed by atoms with E-state index in [2.05, 4.69) is 37.1 Å². The lowest BCUT2D eigenvalue weighted by Crippen LogP contribution is -2.46. The normalized spacial score (nSPS) is 16.5. The van der Waals surface area contributed by atoms with Crippen LogP contribution in [0.15, 0.2) is 36.7 Å². The Labute approximate surface area is 227 Å². The average molecular weight is 537 g/mol. The van der Waals surface area contributed by atoms with Gasteiger partial charge >= 0.3 is 0 Å². The predicted octanol–water partition coefficient (Wildman–Crippen LogP) is 3.89. The number of pyridine rings is 1. The molecule has 3 aromatic rings. The van der Waals surface area contributed by atoms with Crippen molar-refractivity contribution in [3.63, 3.8) is 0 Å². The minimum absolute atomic E-state index is 0.0375. The fraction of sp³-hybridized carbons (Fsp3) is 0.429. The molecular weight excluding hydrogens is 502 g/mol. The molecule has 0 atom stereocenters. The number of carbonyl (C=O) groups is 1. The van der Waals surface area contributed by atoms with Crippen molar-refractivity contribution in [1.29, 1.82) is 0 Å². The molecule has 39 heavy (non-hydrogen) atoms. The van der Waals surface area contributed by atoms with Crippen LogP contribution in [0.2, 0.25) is 0 Å². The van der Waals surface area contributed by atoms with Crippen molar-refractivity contribution >= 4 is 29.0 Å².